The standard InChI is InChI=1S/C19H27NO4S4/c1-4-24-19(25)27-18(26-5-2)12-15-13-20(11-10-17(15)21)28(22,23)16-8-6-14(3)7-9-16/h6-9,15,18H,4-5,10-13H2,1-3H3. The van der Waals surface area contributed by atoms with Crippen LogP contribution in [0.1, 0.15) is 32.3 Å². The number of sulfonamides is 1. The normalized spacial score (nSPS) is 19.4. The summed E-state index contributed by atoms with van der Waals surface area (Å²) in [4.78, 5) is 12.8. The van der Waals surface area contributed by atoms with Gasteiger partial charge in [0.25, 0.3) is 0 Å². The Morgan fingerprint density at radius 1 is 1.32 bits per heavy atom. The molecule has 0 radical (unpaired) electrons. The molecule has 156 valence electrons. The molecule has 5 nitrogen and oxygen atoms in total. The monoisotopic (exact) mass is 461 g/mol. The van der Waals surface area contributed by atoms with Crippen LogP contribution in [-0.2, 0) is 19.6 Å². The topological polar surface area (TPSA) is 63.7 Å². The van der Waals surface area contributed by atoms with Gasteiger partial charge in [-0.15, -0.1) is 11.8 Å². The predicted octanol–water partition coefficient (Wildman–Crippen LogP) is 4.10. The van der Waals surface area contributed by atoms with Gasteiger partial charge in [-0.1, -0.05) is 36.4 Å². The van der Waals surface area contributed by atoms with E-state index in [2.05, 4.69) is 6.92 Å². The van der Waals surface area contributed by atoms with Crippen molar-refractivity contribution in [3.63, 3.8) is 0 Å². The summed E-state index contributed by atoms with van der Waals surface area (Å²) < 4.78 is 33.3. The third-order valence-corrected chi connectivity index (χ3v) is 9.11. The van der Waals surface area contributed by atoms with E-state index in [0.29, 0.717) is 17.4 Å². The van der Waals surface area contributed by atoms with Gasteiger partial charge in [0.15, 0.2) is 0 Å². The van der Waals surface area contributed by atoms with Crippen molar-refractivity contribution in [2.75, 3.05) is 25.4 Å². The van der Waals surface area contributed by atoms with E-state index in [4.69, 9.17) is 17.0 Å². The highest BCUT2D eigenvalue weighted by molar-refractivity contribution is 8.30. The number of benzene rings is 1. The average Bonchev–Trinajstić information content (AvgIpc) is 2.64. The molecule has 1 aliphatic rings. The largest absolute Gasteiger partial charge is 0.479 e. The van der Waals surface area contributed by atoms with Gasteiger partial charge in [-0.3, -0.25) is 4.79 Å². The number of carbonyl (C=O) groups is 1. The van der Waals surface area contributed by atoms with Crippen molar-refractivity contribution in [3.05, 3.63) is 29.8 Å². The number of ether oxygens (including phenoxy) is 1. The van der Waals surface area contributed by atoms with Crippen molar-refractivity contribution in [2.45, 2.75) is 43.1 Å². The van der Waals surface area contributed by atoms with E-state index in [1.54, 1.807) is 36.0 Å². The summed E-state index contributed by atoms with van der Waals surface area (Å²) in [6.07, 6.45) is 0.828. The predicted molar refractivity (Wildman–Crippen MR) is 121 cm³/mol. The molecule has 0 saturated carbocycles. The summed E-state index contributed by atoms with van der Waals surface area (Å²) in [7, 11) is -3.60. The fourth-order valence-electron chi connectivity index (χ4n) is 2.99. The van der Waals surface area contributed by atoms with Crippen molar-refractivity contribution >= 4 is 55.9 Å². The van der Waals surface area contributed by atoms with E-state index in [9.17, 15) is 13.2 Å². The fourth-order valence-corrected chi connectivity index (χ4v) is 7.54. The van der Waals surface area contributed by atoms with Crippen molar-refractivity contribution in [3.8, 4) is 0 Å². The summed E-state index contributed by atoms with van der Waals surface area (Å²) in [5, 5.41) is 0. The molecule has 0 aromatic heterocycles. The van der Waals surface area contributed by atoms with Crippen LogP contribution in [0.2, 0.25) is 0 Å². The lowest BCUT2D eigenvalue weighted by Crippen LogP contribution is -2.44. The quantitative estimate of drug-likeness (QED) is 0.427. The van der Waals surface area contributed by atoms with Crippen LogP contribution in [0.25, 0.3) is 0 Å². The zero-order valence-electron chi connectivity index (χ0n) is 16.4. The molecule has 1 aromatic carbocycles. The molecule has 2 unspecified atom stereocenters. The maximum atomic E-state index is 13.0. The van der Waals surface area contributed by atoms with Gasteiger partial charge in [0.2, 0.25) is 14.4 Å². The number of thioether (sulfide) groups is 2. The van der Waals surface area contributed by atoms with Crippen LogP contribution in [0.4, 0.5) is 0 Å². The highest BCUT2D eigenvalue weighted by Crippen LogP contribution is 2.34. The van der Waals surface area contributed by atoms with Crippen LogP contribution in [0.3, 0.4) is 0 Å². The highest BCUT2D eigenvalue weighted by Gasteiger charge is 2.36. The Morgan fingerprint density at radius 3 is 2.61 bits per heavy atom. The molecule has 1 heterocycles. The van der Waals surface area contributed by atoms with Crippen LogP contribution >= 0.6 is 35.7 Å². The van der Waals surface area contributed by atoms with Gasteiger partial charge in [-0.2, -0.15) is 4.31 Å². The van der Waals surface area contributed by atoms with Gasteiger partial charge in [0.05, 0.1) is 16.1 Å². The maximum absolute atomic E-state index is 13.0. The molecule has 1 aromatic rings. The number of piperidine rings is 1. The molecular formula is C19H27NO4S4. The van der Waals surface area contributed by atoms with Crippen LogP contribution in [0.5, 0.6) is 0 Å². The van der Waals surface area contributed by atoms with Gasteiger partial charge in [0, 0.05) is 25.4 Å². The second-order valence-corrected chi connectivity index (χ2v) is 12.0. The maximum Gasteiger partial charge on any atom is 0.243 e. The summed E-state index contributed by atoms with van der Waals surface area (Å²) in [5.41, 5.74) is 1.01. The number of hydrogen-bond acceptors (Lipinski definition) is 7. The van der Waals surface area contributed by atoms with Gasteiger partial charge < -0.3 is 4.74 Å². The van der Waals surface area contributed by atoms with E-state index in [1.807, 2.05) is 13.8 Å². The summed E-state index contributed by atoms with van der Waals surface area (Å²) in [5.74, 6) is 0.688. The molecule has 1 fully saturated rings. The van der Waals surface area contributed by atoms with Gasteiger partial charge >= 0.3 is 0 Å². The summed E-state index contributed by atoms with van der Waals surface area (Å²) >= 11 is 8.39. The van der Waals surface area contributed by atoms with Crippen LogP contribution < -0.4 is 0 Å². The molecular weight excluding hydrogens is 434 g/mol. The van der Waals surface area contributed by atoms with Crippen molar-refractivity contribution in [2.24, 2.45) is 5.92 Å². The number of carbonyl (C=O) groups excluding carboxylic acids is 1. The Kier molecular flexibility index (Phi) is 9.27. The molecule has 0 spiro atoms. The number of thiocarbonyl (C=S) groups is 1. The number of rotatable bonds is 8. The van der Waals surface area contributed by atoms with Crippen molar-refractivity contribution in [1.29, 1.82) is 0 Å². The lowest BCUT2D eigenvalue weighted by Gasteiger charge is -2.32. The summed E-state index contributed by atoms with van der Waals surface area (Å²) in [6.45, 7) is 6.83. The van der Waals surface area contributed by atoms with Gasteiger partial charge in [-0.25, -0.2) is 8.42 Å². The smallest absolute Gasteiger partial charge is 0.243 e. The SMILES string of the molecule is CCOC(=S)SC(CC1CN(S(=O)(=O)c2ccc(C)cc2)CCC1=O)SCC. The van der Waals surface area contributed by atoms with Crippen molar-refractivity contribution in [1.82, 2.24) is 4.31 Å². The number of Topliss-reactive ketones (excluding diaryl/α,β-unsaturated/α-hetero) is 1. The number of nitrogens with zero attached hydrogens (tertiary/aromatic N) is 1. The van der Waals surface area contributed by atoms with E-state index in [1.165, 1.54) is 16.1 Å². The second kappa shape index (κ2) is 11.0. The average molecular weight is 462 g/mol. The first-order valence-corrected chi connectivity index (χ1v) is 13.1. The minimum absolute atomic E-state index is 0.0695. The molecule has 0 N–H and O–H groups in total. The molecule has 0 amide bonds. The van der Waals surface area contributed by atoms with Gasteiger partial charge in [-0.05, 0) is 50.4 Å². The Hall–Kier alpha value is -0.610. The molecule has 2 atom stereocenters. The molecule has 28 heavy (non-hydrogen) atoms. The van der Waals surface area contributed by atoms with Gasteiger partial charge in [0.1, 0.15) is 5.78 Å². The lowest BCUT2D eigenvalue weighted by molar-refractivity contribution is -0.125. The Morgan fingerprint density at radius 2 is 2.00 bits per heavy atom. The van der Waals surface area contributed by atoms with Crippen LogP contribution in [0.15, 0.2) is 29.2 Å². The highest BCUT2D eigenvalue weighted by atomic mass is 32.2. The van der Waals surface area contributed by atoms with E-state index in [-0.39, 0.29) is 40.7 Å². The van der Waals surface area contributed by atoms with E-state index < -0.39 is 10.0 Å². The minimum atomic E-state index is -3.60. The minimum Gasteiger partial charge on any atom is -0.479 e. The first-order chi connectivity index (χ1) is 13.3. The fraction of sp³-hybridized carbons (Fsp3) is 0.579. The summed E-state index contributed by atoms with van der Waals surface area (Å²) in [6, 6.07) is 6.84. The Labute approximate surface area is 182 Å². The van der Waals surface area contributed by atoms with E-state index >= 15 is 0 Å². The number of ketones is 1. The third kappa shape index (κ3) is 6.45. The molecule has 0 bridgehead atoms. The number of aryl methyl sites for hydroxylation is 1. The zero-order valence-corrected chi connectivity index (χ0v) is 19.7. The molecule has 0 aliphatic carbocycles. The lowest BCUT2D eigenvalue weighted by atomic mass is 9.95. The molecule has 2 rings (SSSR count). The third-order valence-electron chi connectivity index (χ3n) is 4.47. The first-order valence-electron chi connectivity index (χ1n) is 9.32. The first kappa shape index (κ1) is 23.7. The van der Waals surface area contributed by atoms with Crippen molar-refractivity contribution < 1.29 is 17.9 Å². The molecule has 9 heteroatoms. The second-order valence-electron chi connectivity index (χ2n) is 6.51. The van der Waals surface area contributed by atoms with E-state index in [0.717, 1.165) is 11.3 Å². The Bertz CT molecular complexity index is 780. The Balaban J connectivity index is 2.11. The van der Waals surface area contributed by atoms with Crippen LogP contribution in [0, 0.1) is 12.8 Å². The van der Waals surface area contributed by atoms with Crippen LogP contribution in [-0.4, -0.2) is 52.9 Å². The number of hydrogen-bond donors (Lipinski definition) is 0. The molecule has 1 aliphatic heterocycles. The zero-order chi connectivity index (χ0) is 20.7. The molecule has 1 saturated heterocycles.